The molecule has 1 atom stereocenters. The highest BCUT2D eigenvalue weighted by Gasteiger charge is 2.11. The van der Waals surface area contributed by atoms with Crippen LogP contribution in [-0.2, 0) is 11.3 Å². The summed E-state index contributed by atoms with van der Waals surface area (Å²) in [6.45, 7) is 0.740. The molecule has 21 heavy (non-hydrogen) atoms. The minimum Gasteiger partial charge on any atom is -0.497 e. The summed E-state index contributed by atoms with van der Waals surface area (Å²) in [5.74, 6) is 0.846. The zero-order chi connectivity index (χ0) is 14.9. The largest absolute Gasteiger partial charge is 0.497 e. The SMILES string of the molecule is COc1ccc(CO[C@@H](CCCO)c2ccccc2)cc1. The molecule has 0 aliphatic rings. The normalized spacial score (nSPS) is 12.1. The molecule has 0 saturated carbocycles. The molecule has 2 rings (SSSR count). The van der Waals surface area contributed by atoms with Crippen LogP contribution in [0.15, 0.2) is 54.6 Å². The molecule has 0 bridgehead atoms. The van der Waals surface area contributed by atoms with Crippen molar-refractivity contribution >= 4 is 0 Å². The number of aliphatic hydroxyl groups is 1. The Balaban J connectivity index is 1.97. The maximum Gasteiger partial charge on any atom is 0.118 e. The molecule has 0 unspecified atom stereocenters. The van der Waals surface area contributed by atoms with E-state index in [0.29, 0.717) is 6.61 Å². The first-order chi connectivity index (χ1) is 10.3. The summed E-state index contributed by atoms with van der Waals surface area (Å²) in [6, 6.07) is 18.0. The minimum absolute atomic E-state index is 0.0143. The molecule has 1 N–H and O–H groups in total. The van der Waals surface area contributed by atoms with Gasteiger partial charge >= 0.3 is 0 Å². The maximum absolute atomic E-state index is 9.04. The Morgan fingerprint density at radius 2 is 1.71 bits per heavy atom. The van der Waals surface area contributed by atoms with Gasteiger partial charge in [0.25, 0.3) is 0 Å². The van der Waals surface area contributed by atoms with E-state index >= 15 is 0 Å². The topological polar surface area (TPSA) is 38.7 Å². The van der Waals surface area contributed by atoms with Crippen LogP contribution in [0.2, 0.25) is 0 Å². The fraction of sp³-hybridized carbons (Fsp3) is 0.333. The van der Waals surface area contributed by atoms with E-state index in [1.807, 2.05) is 42.5 Å². The number of benzene rings is 2. The second-order valence-electron chi connectivity index (χ2n) is 4.92. The van der Waals surface area contributed by atoms with E-state index in [0.717, 1.165) is 29.7 Å². The number of hydrogen-bond donors (Lipinski definition) is 1. The van der Waals surface area contributed by atoms with Crippen LogP contribution in [0.4, 0.5) is 0 Å². The minimum atomic E-state index is 0.0143. The van der Waals surface area contributed by atoms with Gasteiger partial charge in [0.2, 0.25) is 0 Å². The number of rotatable bonds is 8. The molecule has 0 spiro atoms. The summed E-state index contributed by atoms with van der Waals surface area (Å²) >= 11 is 0. The van der Waals surface area contributed by atoms with Gasteiger partial charge in [-0.1, -0.05) is 42.5 Å². The standard InChI is InChI=1S/C18H22O3/c1-20-17-11-9-15(10-12-17)14-21-18(8-5-13-19)16-6-3-2-4-7-16/h2-4,6-7,9-12,18-19H,5,8,13-14H2,1H3/t18-/m0/s1. The van der Waals surface area contributed by atoms with E-state index < -0.39 is 0 Å². The maximum atomic E-state index is 9.04. The Bertz CT molecular complexity index is 508. The molecule has 0 radical (unpaired) electrons. The highest BCUT2D eigenvalue weighted by Crippen LogP contribution is 2.24. The van der Waals surface area contributed by atoms with Gasteiger partial charge in [-0.3, -0.25) is 0 Å². The molecular weight excluding hydrogens is 264 g/mol. The van der Waals surface area contributed by atoms with Crippen molar-refractivity contribution in [1.29, 1.82) is 0 Å². The van der Waals surface area contributed by atoms with Gasteiger partial charge in [0.15, 0.2) is 0 Å². The van der Waals surface area contributed by atoms with E-state index in [-0.39, 0.29) is 12.7 Å². The molecule has 0 saturated heterocycles. The van der Waals surface area contributed by atoms with Crippen LogP contribution in [-0.4, -0.2) is 18.8 Å². The van der Waals surface area contributed by atoms with E-state index in [2.05, 4.69) is 12.1 Å². The van der Waals surface area contributed by atoms with Crippen LogP contribution in [0.5, 0.6) is 5.75 Å². The Kier molecular flexibility index (Phi) is 6.25. The third-order valence-corrected chi connectivity index (χ3v) is 3.41. The number of ether oxygens (including phenoxy) is 2. The van der Waals surface area contributed by atoms with Crippen LogP contribution >= 0.6 is 0 Å². The van der Waals surface area contributed by atoms with Crippen LogP contribution in [0.3, 0.4) is 0 Å². The lowest BCUT2D eigenvalue weighted by molar-refractivity contribution is 0.0295. The van der Waals surface area contributed by atoms with Crippen LogP contribution < -0.4 is 4.74 Å². The summed E-state index contributed by atoms with van der Waals surface area (Å²) in [5.41, 5.74) is 2.26. The third kappa shape index (κ3) is 4.88. The molecule has 3 heteroatoms. The van der Waals surface area contributed by atoms with Crippen molar-refractivity contribution < 1.29 is 14.6 Å². The number of aliphatic hydroxyl groups excluding tert-OH is 1. The van der Waals surface area contributed by atoms with E-state index in [1.165, 1.54) is 0 Å². The van der Waals surface area contributed by atoms with Crippen LogP contribution in [0, 0.1) is 0 Å². The van der Waals surface area contributed by atoms with Crippen molar-refractivity contribution in [2.45, 2.75) is 25.6 Å². The van der Waals surface area contributed by atoms with Gasteiger partial charge in [0, 0.05) is 6.61 Å². The molecule has 0 aliphatic carbocycles. The van der Waals surface area contributed by atoms with Crippen molar-refractivity contribution in [2.24, 2.45) is 0 Å². The second-order valence-corrected chi connectivity index (χ2v) is 4.92. The van der Waals surface area contributed by atoms with Crippen LogP contribution in [0.1, 0.15) is 30.1 Å². The van der Waals surface area contributed by atoms with Crippen molar-refractivity contribution in [2.75, 3.05) is 13.7 Å². The zero-order valence-corrected chi connectivity index (χ0v) is 12.4. The van der Waals surface area contributed by atoms with Gasteiger partial charge in [-0.2, -0.15) is 0 Å². The van der Waals surface area contributed by atoms with Gasteiger partial charge in [-0.25, -0.2) is 0 Å². The van der Waals surface area contributed by atoms with Crippen molar-refractivity contribution in [1.82, 2.24) is 0 Å². The quantitative estimate of drug-likeness (QED) is 0.803. The third-order valence-electron chi connectivity index (χ3n) is 3.41. The van der Waals surface area contributed by atoms with Crippen molar-refractivity contribution in [3.05, 3.63) is 65.7 Å². The molecule has 2 aromatic carbocycles. The van der Waals surface area contributed by atoms with Gasteiger partial charge in [0.1, 0.15) is 5.75 Å². The lowest BCUT2D eigenvalue weighted by Gasteiger charge is -2.18. The first-order valence-corrected chi connectivity index (χ1v) is 7.24. The molecule has 0 aliphatic heterocycles. The van der Waals surface area contributed by atoms with Gasteiger partial charge in [0.05, 0.1) is 19.8 Å². The number of hydrogen-bond acceptors (Lipinski definition) is 3. The van der Waals surface area contributed by atoms with E-state index in [4.69, 9.17) is 14.6 Å². The first kappa shape index (κ1) is 15.5. The van der Waals surface area contributed by atoms with E-state index in [1.54, 1.807) is 7.11 Å². The van der Waals surface area contributed by atoms with Crippen molar-refractivity contribution in [3.63, 3.8) is 0 Å². The first-order valence-electron chi connectivity index (χ1n) is 7.24. The molecule has 0 aromatic heterocycles. The molecule has 2 aromatic rings. The fourth-order valence-corrected chi connectivity index (χ4v) is 2.21. The Morgan fingerprint density at radius 1 is 1.00 bits per heavy atom. The lowest BCUT2D eigenvalue weighted by atomic mass is 10.0. The summed E-state index contributed by atoms with van der Waals surface area (Å²) in [5, 5.41) is 9.04. The number of methoxy groups -OCH3 is 1. The Labute approximate surface area is 126 Å². The average Bonchev–Trinajstić information content (AvgIpc) is 2.56. The molecular formula is C18H22O3. The molecule has 0 heterocycles. The predicted molar refractivity (Wildman–Crippen MR) is 83.3 cm³/mol. The predicted octanol–water partition coefficient (Wildman–Crippen LogP) is 3.73. The smallest absolute Gasteiger partial charge is 0.118 e. The Hall–Kier alpha value is -1.84. The Morgan fingerprint density at radius 3 is 2.33 bits per heavy atom. The lowest BCUT2D eigenvalue weighted by Crippen LogP contribution is -2.05. The highest BCUT2D eigenvalue weighted by molar-refractivity contribution is 5.26. The van der Waals surface area contributed by atoms with Crippen LogP contribution in [0.25, 0.3) is 0 Å². The molecule has 112 valence electrons. The fourth-order valence-electron chi connectivity index (χ4n) is 2.21. The van der Waals surface area contributed by atoms with E-state index in [9.17, 15) is 0 Å². The summed E-state index contributed by atoms with van der Waals surface area (Å²) in [6.07, 6.45) is 1.57. The van der Waals surface area contributed by atoms with Crippen molar-refractivity contribution in [3.8, 4) is 5.75 Å². The second kappa shape index (κ2) is 8.45. The summed E-state index contributed by atoms with van der Waals surface area (Å²) < 4.78 is 11.2. The molecule has 3 nitrogen and oxygen atoms in total. The van der Waals surface area contributed by atoms with Gasteiger partial charge < -0.3 is 14.6 Å². The monoisotopic (exact) mass is 286 g/mol. The molecule has 0 fully saturated rings. The summed E-state index contributed by atoms with van der Waals surface area (Å²) in [7, 11) is 1.66. The average molecular weight is 286 g/mol. The van der Waals surface area contributed by atoms with Gasteiger partial charge in [-0.15, -0.1) is 0 Å². The highest BCUT2D eigenvalue weighted by atomic mass is 16.5. The summed E-state index contributed by atoms with van der Waals surface area (Å²) in [4.78, 5) is 0. The molecule has 0 amide bonds. The van der Waals surface area contributed by atoms with Gasteiger partial charge in [-0.05, 0) is 36.1 Å². The zero-order valence-electron chi connectivity index (χ0n) is 12.4.